The second kappa shape index (κ2) is 3.43. The van der Waals surface area contributed by atoms with Crippen LogP contribution in [0, 0.1) is 0 Å². The lowest BCUT2D eigenvalue weighted by Crippen LogP contribution is -2.19. The van der Waals surface area contributed by atoms with E-state index in [0.717, 1.165) is 0 Å². The Balaban J connectivity index is 3.94. The number of nitrogens with two attached hydrogens (primary N) is 2. The second-order valence-corrected chi connectivity index (χ2v) is 1.62. The highest BCUT2D eigenvalue weighted by atomic mass is 16.1. The van der Waals surface area contributed by atoms with Crippen LogP contribution in [-0.2, 0) is 4.79 Å². The first kappa shape index (κ1) is 4.32. The van der Waals surface area contributed by atoms with Gasteiger partial charge in [-0.25, -0.2) is 0 Å². The summed E-state index contributed by atoms with van der Waals surface area (Å²) in [6, 6.07) is -0.491. The number of amides is 1. The van der Waals surface area contributed by atoms with Crippen LogP contribution in [0.3, 0.4) is 0 Å². The molecule has 0 unspecified atom stereocenters. The second-order valence-electron chi connectivity index (χ2n) is 1.62. The maximum atomic E-state index is 10.3. The smallest absolute Gasteiger partial charge is 0.217 e. The lowest BCUT2D eigenvalue weighted by molar-refractivity contribution is -0.118. The van der Waals surface area contributed by atoms with Crippen LogP contribution in [-0.4, -0.2) is 11.9 Å². The third kappa shape index (κ3) is 5.43. The molecule has 3 heteroatoms. The standard InChI is InChI=1S/C5H12N2O/c1-4(6)2-3-5(7)8/h4H,2-3,6H2,1H3,(H2,7,8)/t4-/m1/s1/i2D,3D/t2-,3+,4-. The summed E-state index contributed by atoms with van der Waals surface area (Å²) in [5, 5.41) is 0. The zero-order valence-electron chi connectivity index (χ0n) is 6.79. The summed E-state index contributed by atoms with van der Waals surface area (Å²) < 4.78 is 14.2. The fourth-order valence-electron chi connectivity index (χ4n) is 0.247. The molecule has 0 saturated heterocycles. The molecule has 0 fully saturated rings. The van der Waals surface area contributed by atoms with E-state index in [1.807, 2.05) is 0 Å². The lowest BCUT2D eigenvalue weighted by Gasteiger charge is -1.99. The van der Waals surface area contributed by atoms with Crippen LogP contribution < -0.4 is 11.5 Å². The Kier molecular flexibility index (Phi) is 1.86. The molecule has 3 atom stereocenters. The minimum atomic E-state index is -1.21. The van der Waals surface area contributed by atoms with Crippen LogP contribution >= 0.6 is 0 Å². The average molecular weight is 118 g/mol. The Morgan fingerprint density at radius 2 is 2.50 bits per heavy atom. The minimum absolute atomic E-state index is 0.491. The van der Waals surface area contributed by atoms with Gasteiger partial charge in [-0.05, 0) is 13.3 Å². The Hall–Kier alpha value is -0.570. The number of rotatable bonds is 3. The van der Waals surface area contributed by atoms with Crippen molar-refractivity contribution in [2.24, 2.45) is 11.5 Å². The number of hydrogen-bond donors (Lipinski definition) is 2. The summed E-state index contributed by atoms with van der Waals surface area (Å²) in [6.45, 7) is 1.57. The van der Waals surface area contributed by atoms with Crippen molar-refractivity contribution < 1.29 is 7.54 Å². The summed E-state index contributed by atoms with van der Waals surface area (Å²) in [4.78, 5) is 10.3. The maximum absolute atomic E-state index is 10.3. The molecule has 3 nitrogen and oxygen atoms in total. The van der Waals surface area contributed by atoms with Crippen molar-refractivity contribution in [3.05, 3.63) is 0 Å². The van der Waals surface area contributed by atoms with Crippen molar-refractivity contribution in [2.75, 3.05) is 0 Å². The van der Waals surface area contributed by atoms with Gasteiger partial charge in [0.1, 0.15) is 0 Å². The first-order valence-electron chi connectivity index (χ1n) is 3.51. The van der Waals surface area contributed by atoms with E-state index >= 15 is 0 Å². The molecule has 1 amide bonds. The highest BCUT2D eigenvalue weighted by Gasteiger charge is 1.96. The summed E-state index contributed by atoms with van der Waals surface area (Å²) in [5.74, 6) is -0.794. The van der Waals surface area contributed by atoms with Crippen LogP contribution in [0.5, 0.6) is 0 Å². The predicted octanol–water partition coefficient (Wildman–Crippen LogP) is -0.401. The van der Waals surface area contributed by atoms with Crippen LogP contribution in [0.2, 0.25) is 0 Å². The molecule has 0 aromatic rings. The molecule has 0 saturated carbocycles. The molecule has 4 N–H and O–H groups in total. The lowest BCUT2D eigenvalue weighted by atomic mass is 10.2. The molecule has 0 bridgehead atoms. The molecule has 0 spiro atoms. The molecular formula is C5H12N2O. The van der Waals surface area contributed by atoms with Crippen molar-refractivity contribution >= 4 is 5.91 Å². The van der Waals surface area contributed by atoms with E-state index in [-0.39, 0.29) is 0 Å². The van der Waals surface area contributed by atoms with Gasteiger partial charge in [-0.15, -0.1) is 0 Å². The third-order valence-electron chi connectivity index (χ3n) is 0.564. The van der Waals surface area contributed by atoms with Crippen molar-refractivity contribution in [3.8, 4) is 0 Å². The van der Waals surface area contributed by atoms with Gasteiger partial charge in [-0.1, -0.05) is 0 Å². The van der Waals surface area contributed by atoms with E-state index in [9.17, 15) is 4.79 Å². The number of carbonyl (C=O) groups excluding carboxylic acids is 1. The van der Waals surface area contributed by atoms with Crippen molar-refractivity contribution in [3.63, 3.8) is 0 Å². The molecule has 0 radical (unpaired) electrons. The largest absolute Gasteiger partial charge is 0.370 e. The number of primary amides is 1. The summed E-state index contributed by atoms with van der Waals surface area (Å²) in [6.07, 6.45) is -2.13. The Morgan fingerprint density at radius 3 is 2.62 bits per heavy atom. The molecule has 0 aliphatic carbocycles. The first-order chi connectivity index (χ1) is 4.46. The molecule has 0 aromatic heterocycles. The number of hydrogen-bond acceptors (Lipinski definition) is 2. The minimum Gasteiger partial charge on any atom is -0.370 e. The molecule has 0 heterocycles. The summed E-state index contributed by atoms with van der Waals surface area (Å²) >= 11 is 0. The molecule has 0 aliphatic rings. The van der Waals surface area contributed by atoms with Gasteiger partial charge in [0.2, 0.25) is 5.91 Å². The Bertz CT molecular complexity index is 129. The van der Waals surface area contributed by atoms with E-state index in [0.29, 0.717) is 0 Å². The zero-order chi connectivity index (χ0) is 8.31. The fraction of sp³-hybridized carbons (Fsp3) is 0.800. The van der Waals surface area contributed by atoms with E-state index < -0.39 is 24.7 Å². The molecule has 0 aromatic carbocycles. The Labute approximate surface area is 51.9 Å². The van der Waals surface area contributed by atoms with E-state index in [2.05, 4.69) is 0 Å². The van der Waals surface area contributed by atoms with E-state index in [1.54, 1.807) is 6.92 Å². The van der Waals surface area contributed by atoms with Gasteiger partial charge in [0, 0.05) is 15.2 Å². The molecular weight excluding hydrogens is 104 g/mol. The van der Waals surface area contributed by atoms with Gasteiger partial charge in [-0.3, -0.25) is 4.79 Å². The topological polar surface area (TPSA) is 69.1 Å². The third-order valence-corrected chi connectivity index (χ3v) is 0.564. The predicted molar refractivity (Wildman–Crippen MR) is 32.1 cm³/mol. The van der Waals surface area contributed by atoms with Gasteiger partial charge in [-0.2, -0.15) is 0 Å². The fourth-order valence-corrected chi connectivity index (χ4v) is 0.247. The number of carbonyl (C=O) groups is 1. The van der Waals surface area contributed by atoms with Crippen LogP contribution in [0.25, 0.3) is 0 Å². The Morgan fingerprint density at radius 1 is 2.00 bits per heavy atom. The van der Waals surface area contributed by atoms with E-state index in [4.69, 9.17) is 14.2 Å². The highest BCUT2D eigenvalue weighted by molar-refractivity contribution is 5.73. The van der Waals surface area contributed by atoms with Gasteiger partial charge < -0.3 is 11.5 Å². The average Bonchev–Trinajstić information content (AvgIpc) is 1.84. The quantitative estimate of drug-likeness (QED) is 0.529. The molecule has 48 valence electrons. The van der Waals surface area contributed by atoms with Crippen LogP contribution in [0.1, 0.15) is 22.5 Å². The first-order valence-corrected chi connectivity index (χ1v) is 2.36. The van der Waals surface area contributed by atoms with E-state index in [1.165, 1.54) is 0 Å². The van der Waals surface area contributed by atoms with Gasteiger partial charge in [0.05, 0.1) is 0 Å². The zero-order valence-corrected chi connectivity index (χ0v) is 4.79. The highest BCUT2D eigenvalue weighted by Crippen LogP contribution is 1.89. The summed E-state index contributed by atoms with van der Waals surface area (Å²) in [7, 11) is 0. The molecule has 0 aliphatic heterocycles. The van der Waals surface area contributed by atoms with Crippen molar-refractivity contribution in [1.82, 2.24) is 0 Å². The van der Waals surface area contributed by atoms with Crippen LogP contribution in [0.15, 0.2) is 0 Å². The molecule has 0 rings (SSSR count). The SMILES string of the molecule is [2H][C@H]([C@H]([2H])C(N)=O)[C@@H](C)N. The van der Waals surface area contributed by atoms with Gasteiger partial charge in [0.15, 0.2) is 0 Å². The van der Waals surface area contributed by atoms with Gasteiger partial charge in [0.25, 0.3) is 0 Å². The van der Waals surface area contributed by atoms with Crippen LogP contribution in [0.4, 0.5) is 0 Å². The molecule has 8 heavy (non-hydrogen) atoms. The normalized spacial score (nSPS) is 24.8. The monoisotopic (exact) mass is 118 g/mol. The van der Waals surface area contributed by atoms with Gasteiger partial charge >= 0.3 is 0 Å². The maximum Gasteiger partial charge on any atom is 0.217 e. The van der Waals surface area contributed by atoms with Crippen molar-refractivity contribution in [1.29, 1.82) is 0 Å². The summed E-state index contributed by atoms with van der Waals surface area (Å²) in [5.41, 5.74) is 10.0. The van der Waals surface area contributed by atoms with Crippen molar-refractivity contribution in [2.45, 2.75) is 25.8 Å².